The number of rotatable bonds is 10. The van der Waals surface area contributed by atoms with Crippen LogP contribution in [0.4, 0.5) is 4.79 Å². The Bertz CT molecular complexity index is 377. The van der Waals surface area contributed by atoms with Crippen molar-refractivity contribution in [3.8, 4) is 0 Å². The molecule has 0 aromatic heterocycles. The molecule has 0 fully saturated rings. The number of carboxylic acid groups (broad SMARTS) is 1. The van der Waals surface area contributed by atoms with Crippen LogP contribution in [0.2, 0.25) is 0 Å². The van der Waals surface area contributed by atoms with Crippen LogP contribution in [0.25, 0.3) is 0 Å². The average molecular weight is 333 g/mol. The van der Waals surface area contributed by atoms with Crippen LogP contribution in [-0.2, 0) is 19.0 Å². The molecule has 2 N–H and O–H groups in total. The van der Waals surface area contributed by atoms with Crippen LogP contribution >= 0.6 is 0 Å². The first-order chi connectivity index (χ1) is 10.5. The van der Waals surface area contributed by atoms with Crippen molar-refractivity contribution in [1.29, 1.82) is 0 Å². The van der Waals surface area contributed by atoms with Crippen LogP contribution in [0.5, 0.6) is 0 Å². The van der Waals surface area contributed by atoms with E-state index in [4.69, 9.17) is 14.2 Å². The van der Waals surface area contributed by atoms with E-state index < -0.39 is 23.1 Å². The van der Waals surface area contributed by atoms with Crippen LogP contribution in [0.15, 0.2) is 0 Å². The summed E-state index contributed by atoms with van der Waals surface area (Å²) in [6.07, 6.45) is -0.330. The lowest BCUT2D eigenvalue weighted by Crippen LogP contribution is -2.48. The number of carbonyl (C=O) groups is 2. The molecule has 0 aromatic rings. The van der Waals surface area contributed by atoms with E-state index in [2.05, 4.69) is 5.32 Å². The number of hydrogen-bond donors (Lipinski definition) is 2. The molecule has 0 radical (unpaired) electrons. The maximum atomic E-state index is 11.8. The van der Waals surface area contributed by atoms with Crippen molar-refractivity contribution < 1.29 is 28.9 Å². The van der Waals surface area contributed by atoms with Gasteiger partial charge in [0.05, 0.1) is 18.6 Å². The maximum absolute atomic E-state index is 11.8. The molecule has 1 amide bonds. The van der Waals surface area contributed by atoms with Gasteiger partial charge in [-0.25, -0.2) is 4.79 Å². The van der Waals surface area contributed by atoms with E-state index in [-0.39, 0.29) is 19.1 Å². The number of carboxylic acids is 1. The normalized spacial score (nSPS) is 14.4. The Morgan fingerprint density at radius 3 is 2.17 bits per heavy atom. The summed E-state index contributed by atoms with van der Waals surface area (Å²) in [5, 5.41) is 12.2. The average Bonchev–Trinajstić information content (AvgIpc) is 2.39. The Morgan fingerprint density at radius 2 is 1.74 bits per heavy atom. The van der Waals surface area contributed by atoms with E-state index in [1.165, 1.54) is 0 Å². The summed E-state index contributed by atoms with van der Waals surface area (Å²) >= 11 is 0. The molecule has 1 unspecified atom stereocenters. The van der Waals surface area contributed by atoms with E-state index >= 15 is 0 Å². The molecule has 0 heterocycles. The number of carbonyl (C=O) groups excluding carboxylic acids is 1. The van der Waals surface area contributed by atoms with Gasteiger partial charge in [0.25, 0.3) is 0 Å². The zero-order valence-corrected chi connectivity index (χ0v) is 15.1. The third-order valence-corrected chi connectivity index (χ3v) is 3.60. The van der Waals surface area contributed by atoms with Crippen LogP contribution in [0, 0.1) is 11.3 Å². The molecule has 0 aliphatic heterocycles. The molecule has 0 saturated carbocycles. The second-order valence-corrected chi connectivity index (χ2v) is 6.83. The van der Waals surface area contributed by atoms with Crippen LogP contribution in [0.3, 0.4) is 0 Å². The summed E-state index contributed by atoms with van der Waals surface area (Å²) in [6.45, 7) is 10.0. The smallest absolute Gasteiger partial charge is 0.407 e. The number of ether oxygens (including phenoxy) is 3. The minimum absolute atomic E-state index is 0.0114. The van der Waals surface area contributed by atoms with Gasteiger partial charge in [-0.2, -0.15) is 0 Å². The first-order valence-electron chi connectivity index (χ1n) is 7.82. The predicted molar refractivity (Wildman–Crippen MR) is 86.5 cm³/mol. The van der Waals surface area contributed by atoms with E-state index in [1.807, 2.05) is 13.8 Å². The standard InChI is InChI=1S/C16H31NO6/c1-12(2)16(13(18)19,7-8-22-10-9-21-6)11-17-14(20)23-15(3,4)5/h12H,7-11H2,1-6H3,(H,17,20)(H,18,19). The summed E-state index contributed by atoms with van der Waals surface area (Å²) in [4.78, 5) is 23.6. The van der Waals surface area contributed by atoms with Crippen LogP contribution in [0.1, 0.15) is 41.0 Å². The number of amides is 1. The minimum Gasteiger partial charge on any atom is -0.481 e. The number of hydrogen-bond acceptors (Lipinski definition) is 5. The first kappa shape index (κ1) is 21.7. The van der Waals surface area contributed by atoms with Crippen LogP contribution < -0.4 is 5.32 Å². The molecule has 23 heavy (non-hydrogen) atoms. The lowest BCUT2D eigenvalue weighted by Gasteiger charge is -2.33. The summed E-state index contributed by atoms with van der Waals surface area (Å²) in [6, 6.07) is 0. The second kappa shape index (κ2) is 9.72. The third-order valence-electron chi connectivity index (χ3n) is 3.60. The molecule has 1 atom stereocenters. The molecule has 0 saturated heterocycles. The van der Waals surface area contributed by atoms with E-state index in [9.17, 15) is 14.7 Å². The first-order valence-corrected chi connectivity index (χ1v) is 7.82. The van der Waals surface area contributed by atoms with Gasteiger partial charge in [0.1, 0.15) is 5.60 Å². The van der Waals surface area contributed by atoms with E-state index in [0.29, 0.717) is 19.6 Å². The molecule has 7 heteroatoms. The summed E-state index contributed by atoms with van der Waals surface area (Å²) in [5.41, 5.74) is -1.74. The lowest BCUT2D eigenvalue weighted by molar-refractivity contribution is -0.153. The van der Waals surface area contributed by atoms with Gasteiger partial charge in [0.2, 0.25) is 0 Å². The molecule has 0 rings (SSSR count). The molecule has 136 valence electrons. The van der Waals surface area contributed by atoms with Crippen molar-refractivity contribution >= 4 is 12.1 Å². The fourth-order valence-corrected chi connectivity index (χ4v) is 2.05. The van der Waals surface area contributed by atoms with E-state index in [0.717, 1.165) is 0 Å². The Balaban J connectivity index is 4.73. The van der Waals surface area contributed by atoms with Crippen molar-refractivity contribution in [2.45, 2.75) is 46.6 Å². The topological polar surface area (TPSA) is 94.1 Å². The summed E-state index contributed by atoms with van der Waals surface area (Å²) < 4.78 is 15.4. The van der Waals surface area contributed by atoms with Gasteiger partial charge in [-0.15, -0.1) is 0 Å². The van der Waals surface area contributed by atoms with Gasteiger partial charge in [0.15, 0.2) is 0 Å². The van der Waals surface area contributed by atoms with Gasteiger partial charge in [-0.3, -0.25) is 4.79 Å². The van der Waals surface area contributed by atoms with Gasteiger partial charge in [-0.1, -0.05) is 13.8 Å². The van der Waals surface area contributed by atoms with Crippen molar-refractivity contribution in [3.05, 3.63) is 0 Å². The van der Waals surface area contributed by atoms with Crippen molar-refractivity contribution in [2.75, 3.05) is 33.5 Å². The highest BCUT2D eigenvalue weighted by Crippen LogP contribution is 2.31. The van der Waals surface area contributed by atoms with Gasteiger partial charge in [0, 0.05) is 20.3 Å². The van der Waals surface area contributed by atoms with Crippen molar-refractivity contribution in [2.24, 2.45) is 11.3 Å². The fourth-order valence-electron chi connectivity index (χ4n) is 2.05. The number of aliphatic carboxylic acids is 1. The monoisotopic (exact) mass is 333 g/mol. The zero-order chi connectivity index (χ0) is 18.1. The molecule has 0 aromatic carbocycles. The molecule has 7 nitrogen and oxygen atoms in total. The van der Waals surface area contributed by atoms with Gasteiger partial charge >= 0.3 is 12.1 Å². The second-order valence-electron chi connectivity index (χ2n) is 6.83. The van der Waals surface area contributed by atoms with Gasteiger partial charge in [-0.05, 0) is 33.1 Å². The fraction of sp³-hybridized carbons (Fsp3) is 0.875. The lowest BCUT2D eigenvalue weighted by atomic mass is 9.74. The maximum Gasteiger partial charge on any atom is 0.407 e. The zero-order valence-electron chi connectivity index (χ0n) is 15.1. The number of nitrogens with one attached hydrogen (secondary N) is 1. The van der Waals surface area contributed by atoms with Crippen molar-refractivity contribution in [1.82, 2.24) is 5.32 Å². The Kier molecular flexibility index (Phi) is 9.16. The Morgan fingerprint density at radius 1 is 1.13 bits per heavy atom. The Labute approximate surface area is 138 Å². The third kappa shape index (κ3) is 8.18. The molecule has 0 aliphatic rings. The largest absolute Gasteiger partial charge is 0.481 e. The quantitative estimate of drug-likeness (QED) is 0.596. The molecule has 0 aliphatic carbocycles. The van der Waals surface area contributed by atoms with Gasteiger partial charge < -0.3 is 24.6 Å². The predicted octanol–water partition coefficient (Wildman–Crippen LogP) is 2.29. The highest BCUT2D eigenvalue weighted by atomic mass is 16.6. The number of methoxy groups -OCH3 is 1. The van der Waals surface area contributed by atoms with Crippen LogP contribution in [-0.4, -0.2) is 56.2 Å². The summed E-state index contributed by atoms with van der Waals surface area (Å²) in [7, 11) is 1.57. The summed E-state index contributed by atoms with van der Waals surface area (Å²) in [5.74, 6) is -1.14. The highest BCUT2D eigenvalue weighted by molar-refractivity contribution is 5.76. The molecular formula is C16H31NO6. The number of alkyl carbamates (subject to hydrolysis) is 1. The molecule has 0 spiro atoms. The Hall–Kier alpha value is -1.34. The SMILES string of the molecule is COCCOCCC(CNC(=O)OC(C)(C)C)(C(=O)O)C(C)C. The highest BCUT2D eigenvalue weighted by Gasteiger charge is 2.42. The van der Waals surface area contributed by atoms with Crippen molar-refractivity contribution in [3.63, 3.8) is 0 Å². The molecular weight excluding hydrogens is 302 g/mol. The van der Waals surface area contributed by atoms with E-state index in [1.54, 1.807) is 27.9 Å². The molecule has 0 bridgehead atoms. The minimum atomic E-state index is -1.11.